The van der Waals surface area contributed by atoms with Crippen LogP contribution in [0.5, 0.6) is 0 Å². The molecule has 104 valence electrons. The molecule has 2 aliphatic rings. The summed E-state index contributed by atoms with van der Waals surface area (Å²) in [7, 11) is 0. The van der Waals surface area contributed by atoms with Crippen LogP contribution in [0.15, 0.2) is 4.52 Å². The zero-order valence-corrected chi connectivity index (χ0v) is 11.8. The lowest BCUT2D eigenvalue weighted by atomic mass is 9.75. The molecule has 1 saturated heterocycles. The Morgan fingerprint density at radius 2 is 1.95 bits per heavy atom. The van der Waals surface area contributed by atoms with Gasteiger partial charge in [-0.05, 0) is 38.5 Å². The molecule has 0 N–H and O–H groups in total. The van der Waals surface area contributed by atoms with Gasteiger partial charge in [0.25, 0.3) is 5.91 Å². The quantitative estimate of drug-likeness (QED) is 0.781. The fraction of sp³-hybridized carbons (Fsp3) is 0.733. The second-order valence-corrected chi connectivity index (χ2v) is 6.04. The van der Waals surface area contributed by atoms with E-state index in [1.54, 1.807) is 0 Å². The monoisotopic (exact) mass is 262 g/mol. The van der Waals surface area contributed by atoms with Crippen molar-refractivity contribution in [3.05, 3.63) is 17.0 Å². The number of nitrogens with zero attached hydrogens (tertiary/aromatic N) is 2. The Morgan fingerprint density at radius 3 is 2.63 bits per heavy atom. The molecule has 1 aromatic rings. The maximum atomic E-state index is 12.6. The van der Waals surface area contributed by atoms with Crippen LogP contribution in [0.2, 0.25) is 0 Å². The highest BCUT2D eigenvalue weighted by Gasteiger charge is 2.34. The molecule has 19 heavy (non-hydrogen) atoms. The average molecular weight is 262 g/mol. The fourth-order valence-electron chi connectivity index (χ4n) is 3.73. The van der Waals surface area contributed by atoms with E-state index in [0.717, 1.165) is 19.0 Å². The molecule has 0 spiro atoms. The van der Waals surface area contributed by atoms with Gasteiger partial charge in [-0.1, -0.05) is 24.4 Å². The number of piperidine rings is 1. The summed E-state index contributed by atoms with van der Waals surface area (Å²) in [6.07, 6.45) is 6.52. The van der Waals surface area contributed by atoms with Gasteiger partial charge >= 0.3 is 0 Å². The Kier molecular flexibility index (Phi) is 3.33. The molecule has 1 saturated carbocycles. The third-order valence-electron chi connectivity index (χ3n) is 4.83. The molecule has 1 amide bonds. The van der Waals surface area contributed by atoms with Crippen molar-refractivity contribution in [3.63, 3.8) is 0 Å². The molecule has 4 heteroatoms. The SMILES string of the molecule is Cc1noc(C)c1C(=O)N1CC[C@@H]2CCCC[C@@H]2C1. The number of fused-ring (bicyclic) bond motifs is 1. The van der Waals surface area contributed by atoms with Crippen molar-refractivity contribution >= 4 is 5.91 Å². The molecule has 1 aliphatic heterocycles. The first-order valence-electron chi connectivity index (χ1n) is 7.39. The third kappa shape index (κ3) is 2.28. The normalized spacial score (nSPS) is 27.2. The summed E-state index contributed by atoms with van der Waals surface area (Å²) in [5.41, 5.74) is 1.39. The van der Waals surface area contributed by atoms with Gasteiger partial charge in [-0.15, -0.1) is 0 Å². The highest BCUT2D eigenvalue weighted by atomic mass is 16.5. The maximum absolute atomic E-state index is 12.6. The minimum atomic E-state index is 0.111. The highest BCUT2D eigenvalue weighted by Crippen LogP contribution is 2.36. The first-order valence-corrected chi connectivity index (χ1v) is 7.39. The molecule has 0 bridgehead atoms. The van der Waals surface area contributed by atoms with E-state index in [1.807, 2.05) is 18.7 Å². The van der Waals surface area contributed by atoms with Crippen molar-refractivity contribution in [3.8, 4) is 0 Å². The van der Waals surface area contributed by atoms with E-state index >= 15 is 0 Å². The zero-order chi connectivity index (χ0) is 13.4. The Labute approximate surface area is 114 Å². The van der Waals surface area contributed by atoms with Crippen LogP contribution in [0.4, 0.5) is 0 Å². The number of aryl methyl sites for hydroxylation is 2. The van der Waals surface area contributed by atoms with Crippen molar-refractivity contribution in [2.45, 2.75) is 46.0 Å². The average Bonchev–Trinajstić information content (AvgIpc) is 2.77. The van der Waals surface area contributed by atoms with Gasteiger partial charge in [-0.2, -0.15) is 0 Å². The van der Waals surface area contributed by atoms with E-state index in [1.165, 1.54) is 32.1 Å². The van der Waals surface area contributed by atoms with Crippen LogP contribution in [0.25, 0.3) is 0 Å². The number of hydrogen-bond acceptors (Lipinski definition) is 3. The van der Waals surface area contributed by atoms with Gasteiger partial charge in [-0.3, -0.25) is 4.79 Å². The molecule has 3 rings (SSSR count). The molecule has 2 atom stereocenters. The van der Waals surface area contributed by atoms with E-state index in [0.29, 0.717) is 22.9 Å². The lowest BCUT2D eigenvalue weighted by molar-refractivity contribution is 0.0519. The molecular formula is C15H22N2O2. The van der Waals surface area contributed by atoms with Crippen molar-refractivity contribution in [2.24, 2.45) is 11.8 Å². The van der Waals surface area contributed by atoms with Crippen molar-refractivity contribution in [2.75, 3.05) is 13.1 Å². The standard InChI is InChI=1S/C15H22N2O2/c1-10-14(11(2)19-16-10)15(18)17-8-7-12-5-3-4-6-13(12)9-17/h12-13H,3-9H2,1-2H3/t12-,13+/m0/s1. The Bertz CT molecular complexity index is 461. The number of likely N-dealkylation sites (tertiary alicyclic amines) is 1. The van der Waals surface area contributed by atoms with Crippen LogP contribution in [0.1, 0.15) is 53.9 Å². The highest BCUT2D eigenvalue weighted by molar-refractivity contribution is 5.96. The van der Waals surface area contributed by atoms with Gasteiger partial charge in [0.05, 0.1) is 5.69 Å². The lowest BCUT2D eigenvalue weighted by Gasteiger charge is -2.41. The molecule has 0 radical (unpaired) electrons. The van der Waals surface area contributed by atoms with Gasteiger partial charge < -0.3 is 9.42 Å². The van der Waals surface area contributed by atoms with E-state index in [2.05, 4.69) is 5.16 Å². The zero-order valence-electron chi connectivity index (χ0n) is 11.8. The molecular weight excluding hydrogens is 240 g/mol. The summed E-state index contributed by atoms with van der Waals surface area (Å²) >= 11 is 0. The number of aromatic nitrogens is 1. The van der Waals surface area contributed by atoms with Gasteiger partial charge in [0.1, 0.15) is 11.3 Å². The second kappa shape index (κ2) is 4.99. The van der Waals surface area contributed by atoms with Crippen molar-refractivity contribution < 1.29 is 9.32 Å². The van der Waals surface area contributed by atoms with E-state index in [9.17, 15) is 4.79 Å². The largest absolute Gasteiger partial charge is 0.361 e. The van der Waals surface area contributed by atoms with Crippen LogP contribution >= 0.6 is 0 Å². The maximum Gasteiger partial charge on any atom is 0.259 e. The van der Waals surface area contributed by atoms with Gasteiger partial charge in [-0.25, -0.2) is 0 Å². The van der Waals surface area contributed by atoms with Crippen molar-refractivity contribution in [1.82, 2.24) is 10.1 Å². The predicted octanol–water partition coefficient (Wildman–Crippen LogP) is 2.94. The summed E-state index contributed by atoms with van der Waals surface area (Å²) in [5, 5.41) is 3.89. The minimum Gasteiger partial charge on any atom is -0.361 e. The summed E-state index contributed by atoms with van der Waals surface area (Å²) in [6.45, 7) is 5.48. The number of rotatable bonds is 1. The van der Waals surface area contributed by atoms with Gasteiger partial charge in [0.2, 0.25) is 0 Å². The molecule has 0 unspecified atom stereocenters. The topological polar surface area (TPSA) is 46.3 Å². The molecule has 1 aliphatic carbocycles. The molecule has 1 aromatic heterocycles. The van der Waals surface area contributed by atoms with Crippen LogP contribution in [0.3, 0.4) is 0 Å². The van der Waals surface area contributed by atoms with Crippen molar-refractivity contribution in [1.29, 1.82) is 0 Å². The number of carbonyl (C=O) groups is 1. The molecule has 0 aromatic carbocycles. The summed E-state index contributed by atoms with van der Waals surface area (Å²) in [5.74, 6) is 2.32. The first kappa shape index (κ1) is 12.7. The summed E-state index contributed by atoms with van der Waals surface area (Å²) in [4.78, 5) is 14.6. The number of carbonyl (C=O) groups excluding carboxylic acids is 1. The predicted molar refractivity (Wildman–Crippen MR) is 71.9 cm³/mol. The smallest absolute Gasteiger partial charge is 0.259 e. The fourth-order valence-corrected chi connectivity index (χ4v) is 3.73. The van der Waals surface area contributed by atoms with Crippen LogP contribution in [0, 0.1) is 25.7 Å². The Morgan fingerprint density at radius 1 is 1.21 bits per heavy atom. The summed E-state index contributed by atoms with van der Waals surface area (Å²) in [6, 6.07) is 0. The summed E-state index contributed by atoms with van der Waals surface area (Å²) < 4.78 is 5.12. The Balaban J connectivity index is 1.74. The number of amides is 1. The second-order valence-electron chi connectivity index (χ2n) is 6.04. The van der Waals surface area contributed by atoms with Gasteiger partial charge in [0.15, 0.2) is 0 Å². The Hall–Kier alpha value is -1.32. The van der Waals surface area contributed by atoms with E-state index in [4.69, 9.17) is 4.52 Å². The molecule has 4 nitrogen and oxygen atoms in total. The van der Waals surface area contributed by atoms with Crippen LogP contribution in [-0.2, 0) is 0 Å². The van der Waals surface area contributed by atoms with E-state index in [-0.39, 0.29) is 5.91 Å². The minimum absolute atomic E-state index is 0.111. The first-order chi connectivity index (χ1) is 9.16. The lowest BCUT2D eigenvalue weighted by Crippen LogP contribution is -2.45. The number of hydrogen-bond donors (Lipinski definition) is 0. The van der Waals surface area contributed by atoms with Crippen LogP contribution in [-0.4, -0.2) is 29.1 Å². The molecule has 2 heterocycles. The van der Waals surface area contributed by atoms with Crippen LogP contribution < -0.4 is 0 Å². The van der Waals surface area contributed by atoms with Gasteiger partial charge in [0, 0.05) is 13.1 Å². The van der Waals surface area contributed by atoms with E-state index < -0.39 is 0 Å². The third-order valence-corrected chi connectivity index (χ3v) is 4.83. The molecule has 2 fully saturated rings.